The third-order valence-electron chi connectivity index (χ3n) is 5.06. The molecule has 3 rings (SSSR count). The van der Waals surface area contributed by atoms with E-state index in [1.807, 2.05) is 0 Å². The molecule has 1 aromatic rings. The van der Waals surface area contributed by atoms with Gasteiger partial charge in [-0.05, 0) is 50.9 Å². The predicted octanol–water partition coefficient (Wildman–Crippen LogP) is 4.00. The molecule has 0 radical (unpaired) electrons. The molecule has 0 unspecified atom stereocenters. The Labute approximate surface area is 130 Å². The van der Waals surface area contributed by atoms with E-state index in [9.17, 15) is 9.18 Å². The predicted molar refractivity (Wildman–Crippen MR) is 82.1 cm³/mol. The van der Waals surface area contributed by atoms with Crippen LogP contribution in [-0.2, 0) is 11.2 Å². The minimum atomic E-state index is -0.370. The number of Topliss-reactive ketones (excluding diaryl/α,β-unsaturated/α-hetero) is 1. The summed E-state index contributed by atoms with van der Waals surface area (Å²) in [6.45, 7) is 1.99. The summed E-state index contributed by atoms with van der Waals surface area (Å²) in [5.74, 6) is -0.223. The van der Waals surface area contributed by atoms with E-state index in [1.54, 1.807) is 12.1 Å². The quantitative estimate of drug-likeness (QED) is 0.838. The third kappa shape index (κ3) is 2.74. The number of carbonyl (C=O) groups excluding carboxylic acids is 1. The molecule has 0 N–H and O–H groups in total. The Morgan fingerprint density at radius 3 is 2.48 bits per heavy atom. The maximum Gasteiger partial charge on any atom is 0.157 e. The Bertz CT molecular complexity index is 513. The Morgan fingerprint density at radius 1 is 1.19 bits per heavy atom. The molecule has 4 heteroatoms. The lowest BCUT2D eigenvalue weighted by Gasteiger charge is -2.37. The zero-order chi connectivity index (χ0) is 14.9. The van der Waals surface area contributed by atoms with Crippen LogP contribution in [0.15, 0.2) is 18.2 Å². The van der Waals surface area contributed by atoms with Crippen LogP contribution in [0.5, 0.6) is 0 Å². The van der Waals surface area contributed by atoms with Crippen molar-refractivity contribution in [3.8, 4) is 0 Å². The maximum absolute atomic E-state index is 13.9. The molecule has 1 aliphatic heterocycles. The minimum absolute atomic E-state index is 0.113. The maximum atomic E-state index is 13.9. The summed E-state index contributed by atoms with van der Waals surface area (Å²) in [6, 6.07) is 4.62. The van der Waals surface area contributed by atoms with Crippen molar-refractivity contribution in [2.45, 2.75) is 50.5 Å². The second kappa shape index (κ2) is 6.05. The highest BCUT2D eigenvalue weighted by atomic mass is 35.5. The number of likely N-dealkylation sites (tertiary alicyclic amines) is 1. The second-order valence-electron chi connectivity index (χ2n) is 6.23. The lowest BCUT2D eigenvalue weighted by molar-refractivity contribution is -0.129. The molecule has 2 nitrogen and oxygen atoms in total. The largest absolute Gasteiger partial charge is 0.297 e. The van der Waals surface area contributed by atoms with E-state index in [4.69, 9.17) is 11.6 Å². The molecule has 1 aliphatic carbocycles. The van der Waals surface area contributed by atoms with Crippen LogP contribution in [0, 0.1) is 5.82 Å². The van der Waals surface area contributed by atoms with Gasteiger partial charge in [-0.1, -0.05) is 30.5 Å². The van der Waals surface area contributed by atoms with Crippen LogP contribution in [0.3, 0.4) is 0 Å². The van der Waals surface area contributed by atoms with Gasteiger partial charge < -0.3 is 0 Å². The van der Waals surface area contributed by atoms with Gasteiger partial charge in [0, 0.05) is 17.0 Å². The van der Waals surface area contributed by atoms with Crippen LogP contribution < -0.4 is 0 Å². The van der Waals surface area contributed by atoms with Gasteiger partial charge in [0.25, 0.3) is 0 Å². The molecule has 0 amide bonds. The molecule has 0 atom stereocenters. The van der Waals surface area contributed by atoms with Gasteiger partial charge in [-0.3, -0.25) is 9.69 Å². The Morgan fingerprint density at radius 2 is 1.86 bits per heavy atom. The second-order valence-corrected chi connectivity index (χ2v) is 6.64. The zero-order valence-electron chi connectivity index (χ0n) is 12.2. The molecule has 1 aromatic carbocycles. The van der Waals surface area contributed by atoms with Crippen molar-refractivity contribution in [2.75, 3.05) is 13.1 Å². The Hall–Kier alpha value is -0.930. The molecule has 1 saturated carbocycles. The van der Waals surface area contributed by atoms with Gasteiger partial charge in [0.2, 0.25) is 0 Å². The van der Waals surface area contributed by atoms with E-state index in [2.05, 4.69) is 4.90 Å². The highest BCUT2D eigenvalue weighted by Crippen LogP contribution is 2.39. The van der Waals surface area contributed by atoms with E-state index in [1.165, 1.54) is 6.07 Å². The standard InChI is InChI=1S/C17H21ClFNO/c18-14-6-5-7-15(19)13(14)12-16(21)17(8-1-2-9-17)20-10-3-4-11-20/h5-7H,1-4,8-12H2. The van der Waals surface area contributed by atoms with Gasteiger partial charge in [-0.15, -0.1) is 0 Å². The smallest absolute Gasteiger partial charge is 0.157 e. The fourth-order valence-corrected chi connectivity index (χ4v) is 4.13. The first-order chi connectivity index (χ1) is 10.1. The summed E-state index contributed by atoms with van der Waals surface area (Å²) in [5.41, 5.74) is -0.00287. The number of nitrogens with zero attached hydrogens (tertiary/aromatic N) is 1. The lowest BCUT2D eigenvalue weighted by atomic mass is 9.86. The van der Waals surface area contributed by atoms with Crippen molar-refractivity contribution in [3.63, 3.8) is 0 Å². The zero-order valence-corrected chi connectivity index (χ0v) is 13.0. The van der Waals surface area contributed by atoms with Crippen LogP contribution in [0.4, 0.5) is 4.39 Å². The number of hydrogen-bond acceptors (Lipinski definition) is 2. The number of benzene rings is 1. The number of ketones is 1. The van der Waals surface area contributed by atoms with Gasteiger partial charge in [0.15, 0.2) is 5.78 Å². The van der Waals surface area contributed by atoms with Crippen molar-refractivity contribution in [1.82, 2.24) is 4.90 Å². The number of hydrogen-bond donors (Lipinski definition) is 0. The summed E-state index contributed by atoms with van der Waals surface area (Å²) in [4.78, 5) is 15.3. The minimum Gasteiger partial charge on any atom is -0.297 e. The van der Waals surface area contributed by atoms with Crippen LogP contribution in [0.1, 0.15) is 44.1 Å². The number of halogens is 2. The van der Waals surface area contributed by atoms with Crippen LogP contribution in [-0.4, -0.2) is 29.3 Å². The van der Waals surface area contributed by atoms with Crippen molar-refractivity contribution in [3.05, 3.63) is 34.6 Å². The molecular formula is C17H21ClFNO. The van der Waals surface area contributed by atoms with Gasteiger partial charge >= 0.3 is 0 Å². The molecular weight excluding hydrogens is 289 g/mol. The molecule has 2 aliphatic rings. The Balaban J connectivity index is 1.85. The van der Waals surface area contributed by atoms with Crippen molar-refractivity contribution < 1.29 is 9.18 Å². The first-order valence-electron chi connectivity index (χ1n) is 7.85. The van der Waals surface area contributed by atoms with E-state index < -0.39 is 0 Å². The van der Waals surface area contributed by atoms with Gasteiger partial charge in [0.1, 0.15) is 5.82 Å². The van der Waals surface area contributed by atoms with E-state index >= 15 is 0 Å². The monoisotopic (exact) mass is 309 g/mol. The normalized spacial score (nSPS) is 21.8. The van der Waals surface area contributed by atoms with Gasteiger partial charge in [-0.2, -0.15) is 0 Å². The highest BCUT2D eigenvalue weighted by Gasteiger charge is 2.46. The molecule has 0 bridgehead atoms. The third-order valence-corrected chi connectivity index (χ3v) is 5.41. The van der Waals surface area contributed by atoms with Crippen molar-refractivity contribution >= 4 is 17.4 Å². The first kappa shape index (κ1) is 15.0. The molecule has 1 saturated heterocycles. The average molecular weight is 310 g/mol. The van der Waals surface area contributed by atoms with Crippen LogP contribution >= 0.6 is 11.6 Å². The summed E-state index contributed by atoms with van der Waals surface area (Å²) >= 11 is 6.08. The highest BCUT2D eigenvalue weighted by molar-refractivity contribution is 6.31. The van der Waals surface area contributed by atoms with E-state index in [0.717, 1.165) is 51.6 Å². The molecule has 1 heterocycles. The summed E-state index contributed by atoms with van der Waals surface area (Å²) in [5, 5.41) is 0.359. The molecule has 0 aromatic heterocycles. The molecule has 21 heavy (non-hydrogen) atoms. The lowest BCUT2D eigenvalue weighted by Crippen LogP contribution is -2.52. The van der Waals surface area contributed by atoms with Gasteiger partial charge in [0.05, 0.1) is 5.54 Å². The van der Waals surface area contributed by atoms with Crippen molar-refractivity contribution in [1.29, 1.82) is 0 Å². The van der Waals surface area contributed by atoms with Crippen LogP contribution in [0.25, 0.3) is 0 Å². The summed E-state index contributed by atoms with van der Waals surface area (Å²) in [7, 11) is 0. The number of rotatable bonds is 4. The average Bonchev–Trinajstić information content (AvgIpc) is 3.13. The summed E-state index contributed by atoms with van der Waals surface area (Å²) in [6.07, 6.45) is 6.45. The first-order valence-corrected chi connectivity index (χ1v) is 8.22. The van der Waals surface area contributed by atoms with E-state index in [-0.39, 0.29) is 23.6 Å². The van der Waals surface area contributed by atoms with Gasteiger partial charge in [-0.25, -0.2) is 4.39 Å². The van der Waals surface area contributed by atoms with Crippen LogP contribution in [0.2, 0.25) is 5.02 Å². The fourth-order valence-electron chi connectivity index (χ4n) is 3.90. The number of carbonyl (C=O) groups is 1. The topological polar surface area (TPSA) is 20.3 Å². The molecule has 114 valence electrons. The molecule has 0 spiro atoms. The SMILES string of the molecule is O=C(Cc1c(F)cccc1Cl)C1(N2CCCC2)CCCC1. The van der Waals surface area contributed by atoms with E-state index in [0.29, 0.717) is 10.6 Å². The Kier molecular flexibility index (Phi) is 4.32. The molecule has 2 fully saturated rings. The summed E-state index contributed by atoms with van der Waals surface area (Å²) < 4.78 is 13.9. The fraction of sp³-hybridized carbons (Fsp3) is 0.588. The van der Waals surface area contributed by atoms with Crippen molar-refractivity contribution in [2.24, 2.45) is 0 Å².